The third kappa shape index (κ3) is 3.20. The molecule has 0 aliphatic carbocycles. The molecule has 1 aromatic rings. The second-order valence-electron chi connectivity index (χ2n) is 2.64. The second kappa shape index (κ2) is 5.65. The molecule has 2 heteroatoms. The van der Waals surface area contributed by atoms with Crippen LogP contribution in [0.4, 0.5) is 0 Å². The Kier molecular flexibility index (Phi) is 4.77. The van der Waals surface area contributed by atoms with Gasteiger partial charge in [-0.1, -0.05) is 28.1 Å². The van der Waals surface area contributed by atoms with Gasteiger partial charge in [0.05, 0.1) is 0 Å². The molecule has 0 aromatic heterocycles. The molecule has 12 heavy (non-hydrogen) atoms. The van der Waals surface area contributed by atoms with Crippen molar-refractivity contribution in [3.05, 3.63) is 29.8 Å². The third-order valence-corrected chi connectivity index (χ3v) is 3.06. The molecule has 66 valence electrons. The number of alkyl halides is 1. The van der Waals surface area contributed by atoms with Crippen LogP contribution in [0.15, 0.2) is 29.2 Å². The summed E-state index contributed by atoms with van der Waals surface area (Å²) in [6, 6.07) is 8.81. The lowest BCUT2D eigenvalue weighted by Gasteiger charge is -2.00. The molecule has 0 heterocycles. The summed E-state index contributed by atoms with van der Waals surface area (Å²) in [5, 5.41) is 1.09. The Morgan fingerprint density at radius 3 is 2.42 bits per heavy atom. The molecule has 0 saturated heterocycles. The molecule has 1 rings (SSSR count). The van der Waals surface area contributed by atoms with Crippen molar-refractivity contribution in [1.29, 1.82) is 0 Å². The van der Waals surface area contributed by atoms with Gasteiger partial charge in [-0.15, -0.1) is 11.8 Å². The Hall–Kier alpha value is 0.0500. The van der Waals surface area contributed by atoms with E-state index in [4.69, 9.17) is 0 Å². The lowest BCUT2D eigenvalue weighted by molar-refractivity contribution is 0.937. The van der Waals surface area contributed by atoms with Crippen LogP contribution in [0, 0.1) is 0 Å². The number of benzene rings is 1. The van der Waals surface area contributed by atoms with Gasteiger partial charge in [-0.3, -0.25) is 0 Å². The number of rotatable bonds is 4. The summed E-state index contributed by atoms with van der Waals surface area (Å²) in [5.74, 6) is 0. The summed E-state index contributed by atoms with van der Waals surface area (Å²) in [7, 11) is 0. The second-order valence-corrected chi connectivity index (χ2v) is 4.31. The largest absolute Gasteiger partial charge is 0.130 e. The Labute approximate surface area is 86.9 Å². The van der Waals surface area contributed by atoms with E-state index in [1.54, 1.807) is 11.8 Å². The summed E-state index contributed by atoms with van der Waals surface area (Å²) in [4.78, 5) is 1.34. The molecular formula is C10H13BrS. The Bertz CT molecular complexity index is 218. The van der Waals surface area contributed by atoms with Gasteiger partial charge in [0, 0.05) is 10.2 Å². The van der Waals surface area contributed by atoms with Gasteiger partial charge in [-0.05, 0) is 36.8 Å². The number of thioether (sulfide) groups is 1. The summed E-state index contributed by atoms with van der Waals surface area (Å²) < 4.78 is 0. The maximum Gasteiger partial charge on any atom is 0.00693 e. The molecule has 0 nitrogen and oxygen atoms in total. The quantitative estimate of drug-likeness (QED) is 0.575. The number of hydrogen-bond acceptors (Lipinski definition) is 1. The molecule has 0 N–H and O–H groups in total. The van der Waals surface area contributed by atoms with Crippen LogP contribution >= 0.6 is 27.7 Å². The zero-order valence-electron chi connectivity index (χ0n) is 7.22. The first-order valence-corrected chi connectivity index (χ1v) is 6.40. The minimum absolute atomic E-state index is 1.09. The average molecular weight is 245 g/mol. The normalized spacial score (nSPS) is 10.2. The number of halogens is 1. The molecule has 0 amide bonds. The van der Waals surface area contributed by atoms with Gasteiger partial charge < -0.3 is 0 Å². The van der Waals surface area contributed by atoms with Crippen LogP contribution in [0.1, 0.15) is 12.0 Å². The van der Waals surface area contributed by atoms with E-state index in [1.807, 2.05) is 0 Å². The predicted molar refractivity (Wildman–Crippen MR) is 60.3 cm³/mol. The molecule has 0 atom stereocenters. The fourth-order valence-corrected chi connectivity index (χ4v) is 1.75. The van der Waals surface area contributed by atoms with Crippen molar-refractivity contribution in [3.8, 4) is 0 Å². The first-order valence-electron chi connectivity index (χ1n) is 4.05. The summed E-state index contributed by atoms with van der Waals surface area (Å²) in [6.07, 6.45) is 4.51. The van der Waals surface area contributed by atoms with Crippen molar-refractivity contribution in [2.75, 3.05) is 11.6 Å². The third-order valence-electron chi connectivity index (χ3n) is 1.76. The SMILES string of the molecule is CSc1ccc(CCCBr)cc1. The van der Waals surface area contributed by atoms with Crippen molar-refractivity contribution in [3.63, 3.8) is 0 Å². The lowest BCUT2D eigenvalue weighted by atomic mass is 10.1. The van der Waals surface area contributed by atoms with Crippen LogP contribution in [0.2, 0.25) is 0 Å². The molecule has 0 aliphatic rings. The zero-order chi connectivity index (χ0) is 8.81. The summed E-state index contributed by atoms with van der Waals surface area (Å²) in [6.45, 7) is 0. The van der Waals surface area contributed by atoms with Crippen LogP contribution in [-0.4, -0.2) is 11.6 Å². The topological polar surface area (TPSA) is 0 Å². The predicted octanol–water partition coefficient (Wildman–Crippen LogP) is 3.74. The van der Waals surface area contributed by atoms with Crippen molar-refractivity contribution < 1.29 is 0 Å². The smallest absolute Gasteiger partial charge is 0.00693 e. The molecule has 0 spiro atoms. The van der Waals surface area contributed by atoms with Crippen molar-refractivity contribution in [2.45, 2.75) is 17.7 Å². The highest BCUT2D eigenvalue weighted by atomic mass is 79.9. The van der Waals surface area contributed by atoms with Crippen LogP contribution in [0.3, 0.4) is 0 Å². The molecule has 0 fully saturated rings. The Balaban J connectivity index is 2.53. The van der Waals surface area contributed by atoms with Crippen LogP contribution in [-0.2, 0) is 6.42 Å². The molecule has 0 aliphatic heterocycles. The summed E-state index contributed by atoms with van der Waals surface area (Å²) in [5.41, 5.74) is 1.44. The van der Waals surface area contributed by atoms with Gasteiger partial charge in [0.1, 0.15) is 0 Å². The van der Waals surface area contributed by atoms with E-state index < -0.39 is 0 Å². The minimum Gasteiger partial charge on any atom is -0.130 e. The monoisotopic (exact) mass is 244 g/mol. The van der Waals surface area contributed by atoms with E-state index in [9.17, 15) is 0 Å². The lowest BCUT2D eigenvalue weighted by Crippen LogP contribution is -1.85. The van der Waals surface area contributed by atoms with Crippen LogP contribution < -0.4 is 0 Å². The molecular weight excluding hydrogens is 232 g/mol. The molecule has 0 radical (unpaired) electrons. The highest BCUT2D eigenvalue weighted by Crippen LogP contribution is 2.15. The van der Waals surface area contributed by atoms with E-state index in [0.29, 0.717) is 0 Å². The first-order chi connectivity index (χ1) is 5.86. The van der Waals surface area contributed by atoms with E-state index >= 15 is 0 Å². The highest BCUT2D eigenvalue weighted by molar-refractivity contribution is 9.09. The van der Waals surface area contributed by atoms with Crippen molar-refractivity contribution in [2.24, 2.45) is 0 Å². The number of hydrogen-bond donors (Lipinski definition) is 0. The van der Waals surface area contributed by atoms with E-state index in [-0.39, 0.29) is 0 Å². The van der Waals surface area contributed by atoms with Gasteiger partial charge in [0.25, 0.3) is 0 Å². The van der Waals surface area contributed by atoms with E-state index in [0.717, 1.165) is 5.33 Å². The first kappa shape index (κ1) is 10.1. The molecule has 0 saturated carbocycles. The van der Waals surface area contributed by atoms with Gasteiger partial charge in [0.15, 0.2) is 0 Å². The van der Waals surface area contributed by atoms with Gasteiger partial charge in [-0.25, -0.2) is 0 Å². The Morgan fingerprint density at radius 1 is 1.25 bits per heavy atom. The van der Waals surface area contributed by atoms with Gasteiger partial charge in [-0.2, -0.15) is 0 Å². The average Bonchev–Trinajstić information content (AvgIpc) is 2.15. The van der Waals surface area contributed by atoms with Crippen molar-refractivity contribution in [1.82, 2.24) is 0 Å². The maximum atomic E-state index is 3.43. The Morgan fingerprint density at radius 2 is 1.92 bits per heavy atom. The molecule has 1 aromatic carbocycles. The van der Waals surface area contributed by atoms with Crippen LogP contribution in [0.25, 0.3) is 0 Å². The summed E-state index contributed by atoms with van der Waals surface area (Å²) >= 11 is 5.22. The van der Waals surface area contributed by atoms with E-state index in [2.05, 4.69) is 46.5 Å². The van der Waals surface area contributed by atoms with Gasteiger partial charge in [0.2, 0.25) is 0 Å². The minimum atomic E-state index is 1.09. The highest BCUT2D eigenvalue weighted by Gasteiger charge is 1.92. The fraction of sp³-hybridized carbons (Fsp3) is 0.400. The van der Waals surface area contributed by atoms with Crippen LogP contribution in [0.5, 0.6) is 0 Å². The van der Waals surface area contributed by atoms with Gasteiger partial charge >= 0.3 is 0 Å². The zero-order valence-corrected chi connectivity index (χ0v) is 9.62. The fourth-order valence-electron chi connectivity index (χ4n) is 1.06. The standard InChI is InChI=1S/C10H13BrS/c1-12-10-6-4-9(5-7-10)3-2-8-11/h4-7H,2-3,8H2,1H3. The maximum absolute atomic E-state index is 3.43. The molecule has 0 bridgehead atoms. The van der Waals surface area contributed by atoms with E-state index in [1.165, 1.54) is 23.3 Å². The molecule has 0 unspecified atom stereocenters. The number of aryl methyl sites for hydroxylation is 1. The van der Waals surface area contributed by atoms with Crippen molar-refractivity contribution >= 4 is 27.7 Å².